The van der Waals surface area contributed by atoms with Crippen LogP contribution in [-0.4, -0.2) is 37.8 Å². The monoisotopic (exact) mass is 285 g/mol. The summed E-state index contributed by atoms with van der Waals surface area (Å²) in [6.07, 6.45) is 0. The predicted molar refractivity (Wildman–Crippen MR) is 72.6 cm³/mol. The third-order valence-electron chi connectivity index (χ3n) is 2.78. The molecule has 7 heteroatoms. The Balaban J connectivity index is 3.22. The number of amides is 1. The summed E-state index contributed by atoms with van der Waals surface area (Å²) in [5, 5.41) is 9.94. The van der Waals surface area contributed by atoms with Crippen molar-refractivity contribution in [1.29, 1.82) is 0 Å². The van der Waals surface area contributed by atoms with Crippen LogP contribution in [0, 0.1) is 6.92 Å². The second-order valence-corrected chi connectivity index (χ2v) is 4.68. The number of phenolic OH excluding ortho intramolecular Hbond substituents is 1. The maximum absolute atomic E-state index is 12.2. The Morgan fingerprint density at radius 3 is 2.47 bits per heavy atom. The Bertz CT molecular complexity index is 501. The van der Waals surface area contributed by atoms with Crippen LogP contribution in [0.2, 0.25) is 0 Å². The van der Waals surface area contributed by atoms with Crippen LogP contribution >= 0.6 is 0 Å². The van der Waals surface area contributed by atoms with Gasteiger partial charge in [0.1, 0.15) is 5.75 Å². The first-order valence-electron chi connectivity index (χ1n) is 5.89. The summed E-state index contributed by atoms with van der Waals surface area (Å²) in [6.45, 7) is 6.30. The zero-order chi connectivity index (χ0) is 14.6. The van der Waals surface area contributed by atoms with Gasteiger partial charge in [-0.3, -0.25) is 9.00 Å². The van der Waals surface area contributed by atoms with E-state index in [2.05, 4.69) is 4.72 Å². The lowest BCUT2D eigenvalue weighted by Gasteiger charge is -2.20. The van der Waals surface area contributed by atoms with Crippen molar-refractivity contribution < 1.29 is 18.7 Å². The highest BCUT2D eigenvalue weighted by Gasteiger charge is 2.18. The molecule has 0 heterocycles. The molecule has 1 atom stereocenters. The SMILES string of the molecule is CCN(CC)C(=O)c1cc(NS(=O)[O-])cc(C)c1O. The second-order valence-electron chi connectivity index (χ2n) is 4.00. The van der Waals surface area contributed by atoms with Crippen LogP contribution in [0.25, 0.3) is 0 Å². The average molecular weight is 285 g/mol. The summed E-state index contributed by atoms with van der Waals surface area (Å²) in [7, 11) is 0. The smallest absolute Gasteiger partial charge is 0.257 e. The van der Waals surface area contributed by atoms with Gasteiger partial charge >= 0.3 is 0 Å². The molecule has 0 spiro atoms. The van der Waals surface area contributed by atoms with Crippen molar-refractivity contribution in [3.63, 3.8) is 0 Å². The van der Waals surface area contributed by atoms with Gasteiger partial charge in [0.15, 0.2) is 0 Å². The summed E-state index contributed by atoms with van der Waals surface area (Å²) in [6, 6.07) is 2.79. The molecule has 1 unspecified atom stereocenters. The number of aryl methyl sites for hydroxylation is 1. The molecule has 2 N–H and O–H groups in total. The van der Waals surface area contributed by atoms with Gasteiger partial charge in [-0.2, -0.15) is 0 Å². The molecule has 106 valence electrons. The van der Waals surface area contributed by atoms with Crippen LogP contribution in [0.15, 0.2) is 12.1 Å². The molecule has 1 amide bonds. The van der Waals surface area contributed by atoms with Gasteiger partial charge < -0.3 is 19.3 Å². The lowest BCUT2D eigenvalue weighted by molar-refractivity contribution is 0.0770. The predicted octanol–water partition coefficient (Wildman–Crippen LogP) is 1.39. The van der Waals surface area contributed by atoms with E-state index in [0.29, 0.717) is 18.7 Å². The van der Waals surface area contributed by atoms with E-state index in [1.54, 1.807) is 11.8 Å². The first-order chi connectivity index (χ1) is 8.90. The minimum atomic E-state index is -2.47. The second kappa shape index (κ2) is 6.53. The molecule has 0 saturated heterocycles. The number of carbonyl (C=O) groups is 1. The van der Waals surface area contributed by atoms with Crippen LogP contribution in [0.1, 0.15) is 29.8 Å². The number of hydrogen-bond donors (Lipinski definition) is 2. The highest BCUT2D eigenvalue weighted by molar-refractivity contribution is 7.80. The highest BCUT2D eigenvalue weighted by Crippen LogP contribution is 2.27. The molecule has 0 radical (unpaired) electrons. The van der Waals surface area contributed by atoms with Crippen molar-refractivity contribution in [3.8, 4) is 5.75 Å². The van der Waals surface area contributed by atoms with Crippen molar-refractivity contribution in [1.82, 2.24) is 4.90 Å². The molecule has 0 aromatic heterocycles. The van der Waals surface area contributed by atoms with Crippen molar-refractivity contribution in [2.24, 2.45) is 0 Å². The van der Waals surface area contributed by atoms with Gasteiger partial charge in [0, 0.05) is 30.0 Å². The number of carbonyl (C=O) groups excluding carboxylic acids is 1. The number of rotatable bonds is 5. The van der Waals surface area contributed by atoms with Crippen LogP contribution in [-0.2, 0) is 11.3 Å². The molecule has 1 aromatic rings. The maximum atomic E-state index is 12.2. The molecule has 0 aliphatic carbocycles. The van der Waals surface area contributed by atoms with E-state index in [1.165, 1.54) is 12.1 Å². The van der Waals surface area contributed by atoms with E-state index < -0.39 is 11.3 Å². The standard InChI is InChI=1S/C12H18N2O4S/c1-4-14(5-2)12(16)10-7-9(13-19(17)18)6-8(3)11(10)15/h6-7,13,15H,4-5H2,1-3H3,(H,17,18)/p-1. The number of nitrogens with one attached hydrogen (secondary N) is 1. The van der Waals surface area contributed by atoms with Crippen LogP contribution in [0.4, 0.5) is 5.69 Å². The normalized spacial score (nSPS) is 12.0. The summed E-state index contributed by atoms with van der Waals surface area (Å²) < 4.78 is 23.4. The van der Waals surface area contributed by atoms with Gasteiger partial charge in [0.25, 0.3) is 5.91 Å². The van der Waals surface area contributed by atoms with Gasteiger partial charge in [-0.15, -0.1) is 0 Å². The lowest BCUT2D eigenvalue weighted by Crippen LogP contribution is -2.30. The maximum Gasteiger partial charge on any atom is 0.257 e. The van der Waals surface area contributed by atoms with Gasteiger partial charge in [-0.1, -0.05) is 0 Å². The average Bonchev–Trinajstić information content (AvgIpc) is 2.34. The Hall–Kier alpha value is -1.60. The van der Waals surface area contributed by atoms with Crippen molar-refractivity contribution in [2.75, 3.05) is 17.8 Å². The Kier molecular flexibility index (Phi) is 5.31. The summed E-state index contributed by atoms with van der Waals surface area (Å²) in [5.41, 5.74) is 0.779. The van der Waals surface area contributed by atoms with E-state index in [1.807, 2.05) is 13.8 Å². The summed E-state index contributed by atoms with van der Waals surface area (Å²) >= 11 is -2.47. The van der Waals surface area contributed by atoms with Gasteiger partial charge in [0.05, 0.1) is 5.56 Å². The zero-order valence-corrected chi connectivity index (χ0v) is 11.9. The molecular weight excluding hydrogens is 268 g/mol. The van der Waals surface area contributed by atoms with E-state index >= 15 is 0 Å². The summed E-state index contributed by atoms with van der Waals surface area (Å²) in [4.78, 5) is 13.8. The molecule has 0 bridgehead atoms. The highest BCUT2D eigenvalue weighted by atomic mass is 32.2. The van der Waals surface area contributed by atoms with E-state index in [4.69, 9.17) is 0 Å². The van der Waals surface area contributed by atoms with E-state index in [-0.39, 0.29) is 22.9 Å². The Labute approximate surface area is 114 Å². The largest absolute Gasteiger partial charge is 0.755 e. The summed E-state index contributed by atoms with van der Waals surface area (Å²) in [5.74, 6) is -0.454. The number of hydrogen-bond acceptors (Lipinski definition) is 4. The van der Waals surface area contributed by atoms with Crippen molar-refractivity contribution in [2.45, 2.75) is 20.8 Å². The molecule has 0 aliphatic heterocycles. The van der Waals surface area contributed by atoms with Gasteiger partial charge in [0.2, 0.25) is 0 Å². The number of benzene rings is 1. The molecule has 1 rings (SSSR count). The number of aromatic hydroxyl groups is 1. The van der Waals surface area contributed by atoms with E-state index in [0.717, 1.165) is 0 Å². The molecule has 0 saturated carbocycles. The topological polar surface area (TPSA) is 92.7 Å². The minimum absolute atomic E-state index is 0.0941. The van der Waals surface area contributed by atoms with Crippen molar-refractivity contribution >= 4 is 22.9 Å². The fourth-order valence-corrected chi connectivity index (χ4v) is 2.09. The quantitative estimate of drug-likeness (QED) is 0.631. The number of phenols is 1. The molecule has 6 nitrogen and oxygen atoms in total. The third kappa shape index (κ3) is 3.68. The molecule has 0 fully saturated rings. The fourth-order valence-electron chi connectivity index (χ4n) is 1.78. The fraction of sp³-hybridized carbons (Fsp3) is 0.417. The van der Waals surface area contributed by atoms with Crippen LogP contribution in [0.5, 0.6) is 5.75 Å². The lowest BCUT2D eigenvalue weighted by atomic mass is 10.1. The van der Waals surface area contributed by atoms with E-state index in [9.17, 15) is 18.7 Å². The number of anilines is 1. The van der Waals surface area contributed by atoms with Gasteiger partial charge in [-0.25, -0.2) is 0 Å². The molecule has 19 heavy (non-hydrogen) atoms. The molecule has 0 aliphatic rings. The molecular formula is C12H17N2O4S-. The third-order valence-corrected chi connectivity index (χ3v) is 3.19. The number of nitrogens with zero attached hydrogens (tertiary/aromatic N) is 1. The van der Waals surface area contributed by atoms with Crippen molar-refractivity contribution in [3.05, 3.63) is 23.3 Å². The van der Waals surface area contributed by atoms with Gasteiger partial charge in [-0.05, 0) is 38.5 Å². The van der Waals surface area contributed by atoms with Crippen LogP contribution in [0.3, 0.4) is 0 Å². The Morgan fingerprint density at radius 1 is 1.42 bits per heavy atom. The first kappa shape index (κ1) is 15.5. The Morgan fingerprint density at radius 2 is 2.00 bits per heavy atom. The first-order valence-corrected chi connectivity index (χ1v) is 6.97. The zero-order valence-electron chi connectivity index (χ0n) is 11.1. The molecule has 1 aromatic carbocycles. The minimum Gasteiger partial charge on any atom is -0.755 e. The van der Waals surface area contributed by atoms with Crippen LogP contribution < -0.4 is 4.72 Å².